The van der Waals surface area contributed by atoms with Crippen LogP contribution >= 0.6 is 7.60 Å². The van der Waals surface area contributed by atoms with Gasteiger partial charge in [0.1, 0.15) is 0 Å². The summed E-state index contributed by atoms with van der Waals surface area (Å²) in [5.74, 6) is 0. The maximum Gasteiger partial charge on any atom is 0.362 e. The molecule has 0 unspecified atom stereocenters. The van der Waals surface area contributed by atoms with Gasteiger partial charge in [0.2, 0.25) is 0 Å². The molecule has 0 aromatic carbocycles. The summed E-state index contributed by atoms with van der Waals surface area (Å²) in [7, 11) is -3.39. The largest absolute Gasteiger partial charge is 0.411 e. The smallest absolute Gasteiger partial charge is 0.362 e. The molecule has 0 heterocycles. The number of nitrogens with zero attached hydrogens (tertiary/aromatic N) is 1. The van der Waals surface area contributed by atoms with Crippen molar-refractivity contribution >= 4 is 13.8 Å². The summed E-state index contributed by atoms with van der Waals surface area (Å²) in [5.41, 5.74) is -0.222. The predicted molar refractivity (Wildman–Crippen MR) is 68.7 cm³/mol. The highest BCUT2D eigenvalue weighted by molar-refractivity contribution is 7.59. The predicted octanol–water partition coefficient (Wildman–Crippen LogP) is 3.64. The molecule has 0 saturated heterocycles. The van der Waals surface area contributed by atoms with Gasteiger partial charge in [-0.25, -0.2) is 0 Å². The summed E-state index contributed by atoms with van der Waals surface area (Å²) in [6.45, 7) is 9.82. The van der Waals surface area contributed by atoms with Crippen LogP contribution in [0.25, 0.3) is 0 Å². The molecule has 0 aliphatic carbocycles. The maximum absolute atomic E-state index is 12.5. The van der Waals surface area contributed by atoms with E-state index in [-0.39, 0.29) is 23.9 Å². The van der Waals surface area contributed by atoms with E-state index in [1.807, 2.05) is 20.8 Å². The highest BCUT2D eigenvalue weighted by atomic mass is 31.2. The lowest BCUT2D eigenvalue weighted by atomic mass is 9.96. The van der Waals surface area contributed by atoms with Gasteiger partial charge in [-0.15, -0.1) is 0 Å². The van der Waals surface area contributed by atoms with Crippen LogP contribution in [0.15, 0.2) is 16.5 Å². The Hall–Kier alpha value is -0.640. The Labute approximate surface area is 103 Å². The fraction of sp³-hybridized carbons (Fsp3) is 0.727. The highest BCUT2D eigenvalue weighted by Crippen LogP contribution is 2.56. The monoisotopic (exact) mass is 263 g/mol. The molecule has 0 rings (SSSR count). The number of rotatable bonds is 6. The molecule has 5 nitrogen and oxygen atoms in total. The number of allylic oxidation sites excluding steroid dienone is 2. The van der Waals surface area contributed by atoms with Gasteiger partial charge in [0, 0.05) is 0 Å². The van der Waals surface area contributed by atoms with E-state index in [2.05, 4.69) is 5.16 Å². The molecule has 0 radical (unpaired) electrons. The molecule has 1 N–H and O–H groups in total. The van der Waals surface area contributed by atoms with E-state index in [1.54, 1.807) is 19.9 Å². The Balaban J connectivity index is 5.40. The standard InChI is InChI=1S/C11H22NO4P/c1-6-15-17(14,16-7-2)10(9-12-13)8-11(3,4)5/h8-9,13H,6-7H2,1-5H3/b10-8+,12-9+. The van der Waals surface area contributed by atoms with E-state index in [1.165, 1.54) is 0 Å². The zero-order chi connectivity index (χ0) is 13.5. The molecule has 100 valence electrons. The second kappa shape index (κ2) is 6.94. The van der Waals surface area contributed by atoms with E-state index in [0.717, 1.165) is 6.21 Å². The minimum Gasteiger partial charge on any atom is -0.411 e. The van der Waals surface area contributed by atoms with Crippen LogP contribution in [-0.4, -0.2) is 24.6 Å². The summed E-state index contributed by atoms with van der Waals surface area (Å²) in [4.78, 5) is 0. The van der Waals surface area contributed by atoms with Crippen LogP contribution in [0, 0.1) is 5.41 Å². The molecule has 0 fully saturated rings. The third-order valence-corrected chi connectivity index (χ3v) is 3.76. The third kappa shape index (κ3) is 6.01. The Morgan fingerprint density at radius 2 is 1.76 bits per heavy atom. The summed E-state index contributed by atoms with van der Waals surface area (Å²) >= 11 is 0. The second-order valence-electron chi connectivity index (χ2n) is 4.51. The normalized spacial score (nSPS) is 14.5. The van der Waals surface area contributed by atoms with E-state index in [4.69, 9.17) is 14.3 Å². The van der Waals surface area contributed by atoms with Crippen molar-refractivity contribution in [3.05, 3.63) is 11.4 Å². The van der Waals surface area contributed by atoms with Crippen molar-refractivity contribution in [3.63, 3.8) is 0 Å². The van der Waals surface area contributed by atoms with Crippen molar-refractivity contribution < 1.29 is 18.8 Å². The van der Waals surface area contributed by atoms with Gasteiger partial charge in [-0.05, 0) is 19.3 Å². The van der Waals surface area contributed by atoms with Gasteiger partial charge >= 0.3 is 7.60 Å². The van der Waals surface area contributed by atoms with E-state index >= 15 is 0 Å². The SMILES string of the molecule is CCOP(=O)(OCC)C(/C=N/O)=C/C(C)(C)C. The molecule has 17 heavy (non-hydrogen) atoms. The average molecular weight is 263 g/mol. The van der Waals surface area contributed by atoms with Crippen LogP contribution in [-0.2, 0) is 13.6 Å². The zero-order valence-electron chi connectivity index (χ0n) is 11.1. The van der Waals surface area contributed by atoms with Gasteiger partial charge in [-0.3, -0.25) is 4.57 Å². The lowest BCUT2D eigenvalue weighted by molar-refractivity contribution is 0.227. The Morgan fingerprint density at radius 3 is 2.06 bits per heavy atom. The van der Waals surface area contributed by atoms with Gasteiger partial charge in [-0.1, -0.05) is 32.0 Å². The minimum absolute atomic E-state index is 0.222. The number of hydrogen-bond acceptors (Lipinski definition) is 5. The first kappa shape index (κ1) is 16.4. The van der Waals surface area contributed by atoms with Crippen molar-refractivity contribution in [2.24, 2.45) is 10.6 Å². The van der Waals surface area contributed by atoms with Crippen molar-refractivity contribution in [3.8, 4) is 0 Å². The summed E-state index contributed by atoms with van der Waals surface area (Å²) in [6, 6.07) is 0. The quantitative estimate of drug-likeness (QED) is 0.344. The molecular weight excluding hydrogens is 241 g/mol. The fourth-order valence-electron chi connectivity index (χ4n) is 1.22. The van der Waals surface area contributed by atoms with Gasteiger partial charge in [0.05, 0.1) is 24.7 Å². The summed E-state index contributed by atoms with van der Waals surface area (Å²) in [5, 5.41) is 11.8. The molecule has 0 atom stereocenters. The van der Waals surface area contributed by atoms with Crippen LogP contribution in [0.5, 0.6) is 0 Å². The lowest BCUT2D eigenvalue weighted by Gasteiger charge is -2.20. The van der Waals surface area contributed by atoms with E-state index < -0.39 is 7.60 Å². The molecule has 0 bridgehead atoms. The van der Waals surface area contributed by atoms with Crippen molar-refractivity contribution in [2.75, 3.05) is 13.2 Å². The average Bonchev–Trinajstić information content (AvgIpc) is 2.16. The minimum atomic E-state index is -3.39. The van der Waals surface area contributed by atoms with Gasteiger partial charge < -0.3 is 14.3 Å². The number of hydrogen-bond donors (Lipinski definition) is 1. The molecule has 0 aromatic rings. The Bertz CT molecular complexity index is 321. The van der Waals surface area contributed by atoms with Crippen LogP contribution in [0.1, 0.15) is 34.6 Å². The molecule has 0 amide bonds. The van der Waals surface area contributed by atoms with Gasteiger partial charge in [0.15, 0.2) is 0 Å². The fourth-order valence-corrected chi connectivity index (χ4v) is 3.01. The molecule has 0 spiro atoms. The molecule has 0 aromatic heterocycles. The van der Waals surface area contributed by atoms with E-state index in [9.17, 15) is 4.57 Å². The number of oxime groups is 1. The molecule has 0 aliphatic heterocycles. The summed E-state index contributed by atoms with van der Waals surface area (Å²) in [6.07, 6.45) is 2.83. The zero-order valence-corrected chi connectivity index (χ0v) is 12.0. The van der Waals surface area contributed by atoms with E-state index in [0.29, 0.717) is 0 Å². The maximum atomic E-state index is 12.5. The van der Waals surface area contributed by atoms with Crippen LogP contribution < -0.4 is 0 Å². The third-order valence-electron chi connectivity index (χ3n) is 1.69. The molecule has 0 aliphatic rings. The van der Waals surface area contributed by atoms with Crippen LogP contribution in [0.2, 0.25) is 0 Å². The molecule has 6 heteroatoms. The Morgan fingerprint density at radius 1 is 1.29 bits per heavy atom. The van der Waals surface area contributed by atoms with Crippen molar-refractivity contribution in [1.82, 2.24) is 0 Å². The van der Waals surface area contributed by atoms with Crippen LogP contribution in [0.4, 0.5) is 0 Å². The lowest BCUT2D eigenvalue weighted by Crippen LogP contribution is -2.06. The molecular formula is C11H22NO4P. The van der Waals surface area contributed by atoms with Crippen molar-refractivity contribution in [1.29, 1.82) is 0 Å². The topological polar surface area (TPSA) is 68.1 Å². The molecule has 0 saturated carbocycles. The first-order valence-electron chi connectivity index (χ1n) is 5.59. The van der Waals surface area contributed by atoms with Crippen LogP contribution in [0.3, 0.4) is 0 Å². The van der Waals surface area contributed by atoms with Gasteiger partial charge in [0.25, 0.3) is 0 Å². The highest BCUT2D eigenvalue weighted by Gasteiger charge is 2.30. The summed E-state index contributed by atoms with van der Waals surface area (Å²) < 4.78 is 22.9. The van der Waals surface area contributed by atoms with Crippen molar-refractivity contribution in [2.45, 2.75) is 34.6 Å². The van der Waals surface area contributed by atoms with Gasteiger partial charge in [-0.2, -0.15) is 0 Å². The second-order valence-corrected chi connectivity index (χ2v) is 6.54. The Kier molecular flexibility index (Phi) is 6.68. The first-order valence-corrected chi connectivity index (χ1v) is 7.13. The first-order chi connectivity index (χ1) is 7.79.